The number of hydrogen-bond donors (Lipinski definition) is 2. The molecule has 0 atom stereocenters. The number of nitrogens with two attached hydrogens (primary N) is 1. The van der Waals surface area contributed by atoms with Crippen LogP contribution in [-0.4, -0.2) is 32.0 Å². The minimum Gasteiger partial charge on any atom is -0.382 e. The van der Waals surface area contributed by atoms with Crippen molar-refractivity contribution in [2.24, 2.45) is 0 Å². The van der Waals surface area contributed by atoms with E-state index < -0.39 is 0 Å². The Morgan fingerprint density at radius 3 is 3.00 bits per heavy atom. The van der Waals surface area contributed by atoms with E-state index in [0.29, 0.717) is 47.9 Å². The molecule has 0 radical (unpaired) electrons. The Hall–Kier alpha value is -2.67. The number of nitrogens with one attached hydrogen (secondary N) is 1. The Bertz CT molecular complexity index is 863. The van der Waals surface area contributed by atoms with E-state index >= 15 is 0 Å². The molecule has 24 heavy (non-hydrogen) atoms. The van der Waals surface area contributed by atoms with Gasteiger partial charge in [0.15, 0.2) is 11.5 Å². The first-order valence-corrected chi connectivity index (χ1v) is 7.94. The van der Waals surface area contributed by atoms with Gasteiger partial charge in [-0.3, -0.25) is 4.79 Å². The average molecular weight is 345 g/mol. The molecule has 2 aromatic heterocycles. The normalized spacial score (nSPS) is 10.9. The number of amides is 1. The van der Waals surface area contributed by atoms with Crippen LogP contribution in [0.2, 0.25) is 5.02 Å². The standard InChI is InChI=1S/C16H17ClN6O/c17-12-3-1-2-11(8-12)4-5-13(24)19-6-7-23-10-22-14-15(18)20-9-21-16(14)23/h1-3,8-10H,4-7H2,(H,19,24)(H2,18,20,21). The second kappa shape index (κ2) is 7.27. The summed E-state index contributed by atoms with van der Waals surface area (Å²) in [6, 6.07) is 7.53. The highest BCUT2D eigenvalue weighted by Crippen LogP contribution is 2.14. The van der Waals surface area contributed by atoms with Crippen LogP contribution in [-0.2, 0) is 17.8 Å². The number of benzene rings is 1. The SMILES string of the molecule is Nc1ncnc2c1ncn2CCNC(=O)CCc1cccc(Cl)c1. The van der Waals surface area contributed by atoms with Gasteiger partial charge in [0.05, 0.1) is 6.33 Å². The minimum atomic E-state index is -0.00599. The molecule has 1 amide bonds. The van der Waals surface area contributed by atoms with Crippen molar-refractivity contribution in [1.29, 1.82) is 0 Å². The zero-order valence-corrected chi connectivity index (χ0v) is 13.7. The maximum absolute atomic E-state index is 11.9. The number of hydrogen-bond acceptors (Lipinski definition) is 5. The van der Waals surface area contributed by atoms with Gasteiger partial charge in [-0.05, 0) is 24.1 Å². The maximum Gasteiger partial charge on any atom is 0.220 e. The Labute approximate surface area is 143 Å². The second-order valence-electron chi connectivity index (χ2n) is 5.35. The van der Waals surface area contributed by atoms with E-state index in [2.05, 4.69) is 20.3 Å². The van der Waals surface area contributed by atoms with Gasteiger partial charge in [-0.15, -0.1) is 0 Å². The van der Waals surface area contributed by atoms with Gasteiger partial charge >= 0.3 is 0 Å². The van der Waals surface area contributed by atoms with E-state index in [1.165, 1.54) is 6.33 Å². The number of carbonyl (C=O) groups excluding carboxylic acids is 1. The van der Waals surface area contributed by atoms with Crippen molar-refractivity contribution in [2.75, 3.05) is 12.3 Å². The van der Waals surface area contributed by atoms with Crippen LogP contribution in [0.4, 0.5) is 5.82 Å². The van der Waals surface area contributed by atoms with Gasteiger partial charge in [0.25, 0.3) is 0 Å². The van der Waals surface area contributed by atoms with Crippen molar-refractivity contribution < 1.29 is 4.79 Å². The van der Waals surface area contributed by atoms with Gasteiger partial charge in [0, 0.05) is 24.5 Å². The molecule has 0 spiro atoms. The molecule has 1 aromatic carbocycles. The molecule has 3 aromatic rings. The molecule has 0 aliphatic heterocycles. The molecular formula is C16H17ClN6O. The molecule has 0 aliphatic carbocycles. The highest BCUT2D eigenvalue weighted by Gasteiger charge is 2.08. The number of halogens is 1. The highest BCUT2D eigenvalue weighted by atomic mass is 35.5. The van der Waals surface area contributed by atoms with E-state index in [9.17, 15) is 4.79 Å². The van der Waals surface area contributed by atoms with Crippen LogP contribution in [0.5, 0.6) is 0 Å². The molecule has 124 valence electrons. The molecule has 8 heteroatoms. The van der Waals surface area contributed by atoms with Crippen LogP contribution in [0.15, 0.2) is 36.9 Å². The van der Waals surface area contributed by atoms with Gasteiger partial charge < -0.3 is 15.6 Å². The number of rotatable bonds is 6. The first-order chi connectivity index (χ1) is 11.6. The average Bonchev–Trinajstić information content (AvgIpc) is 2.98. The summed E-state index contributed by atoms with van der Waals surface area (Å²) < 4.78 is 1.84. The van der Waals surface area contributed by atoms with E-state index in [-0.39, 0.29) is 5.91 Å². The Kier molecular flexibility index (Phi) is 4.90. The molecule has 7 nitrogen and oxygen atoms in total. The number of anilines is 1. The van der Waals surface area contributed by atoms with Crippen LogP contribution >= 0.6 is 11.6 Å². The number of aryl methyl sites for hydroxylation is 1. The Morgan fingerprint density at radius 1 is 1.29 bits per heavy atom. The van der Waals surface area contributed by atoms with Crippen LogP contribution in [0, 0.1) is 0 Å². The summed E-state index contributed by atoms with van der Waals surface area (Å²) in [5, 5.41) is 3.57. The maximum atomic E-state index is 11.9. The summed E-state index contributed by atoms with van der Waals surface area (Å²) >= 11 is 5.93. The van der Waals surface area contributed by atoms with Gasteiger partial charge in [0.1, 0.15) is 11.8 Å². The first kappa shape index (κ1) is 16.2. The monoisotopic (exact) mass is 344 g/mol. The highest BCUT2D eigenvalue weighted by molar-refractivity contribution is 6.30. The molecule has 0 bridgehead atoms. The van der Waals surface area contributed by atoms with Gasteiger partial charge in [-0.25, -0.2) is 15.0 Å². The lowest BCUT2D eigenvalue weighted by Crippen LogP contribution is -2.27. The number of fused-ring (bicyclic) bond motifs is 1. The summed E-state index contributed by atoms with van der Waals surface area (Å²) in [5.74, 6) is 0.345. The first-order valence-electron chi connectivity index (χ1n) is 7.56. The largest absolute Gasteiger partial charge is 0.382 e. The summed E-state index contributed by atoms with van der Waals surface area (Å²) in [7, 11) is 0. The molecule has 0 aliphatic rings. The van der Waals surface area contributed by atoms with E-state index in [4.69, 9.17) is 17.3 Å². The number of nitrogens with zero attached hydrogens (tertiary/aromatic N) is 4. The lowest BCUT2D eigenvalue weighted by molar-refractivity contribution is -0.121. The lowest BCUT2D eigenvalue weighted by atomic mass is 10.1. The quantitative estimate of drug-likeness (QED) is 0.710. The molecule has 3 rings (SSSR count). The minimum absolute atomic E-state index is 0.00599. The molecule has 0 saturated heterocycles. The molecule has 0 fully saturated rings. The van der Waals surface area contributed by atoms with Crippen molar-refractivity contribution in [3.8, 4) is 0 Å². The molecule has 0 saturated carbocycles. The topological polar surface area (TPSA) is 98.7 Å². The number of imidazole rings is 1. The van der Waals surface area contributed by atoms with Crippen molar-refractivity contribution in [3.63, 3.8) is 0 Å². The third kappa shape index (κ3) is 3.80. The molecule has 0 unspecified atom stereocenters. The second-order valence-corrected chi connectivity index (χ2v) is 5.79. The van der Waals surface area contributed by atoms with Crippen LogP contribution in [0.3, 0.4) is 0 Å². The predicted octanol–water partition coefficient (Wildman–Crippen LogP) is 1.81. The van der Waals surface area contributed by atoms with E-state index in [1.54, 1.807) is 6.33 Å². The van der Waals surface area contributed by atoms with Crippen molar-refractivity contribution in [2.45, 2.75) is 19.4 Å². The van der Waals surface area contributed by atoms with Crippen LogP contribution < -0.4 is 11.1 Å². The van der Waals surface area contributed by atoms with E-state index in [0.717, 1.165) is 5.56 Å². The predicted molar refractivity (Wildman–Crippen MR) is 92.5 cm³/mol. The fraction of sp³-hybridized carbons (Fsp3) is 0.250. The number of aromatic nitrogens is 4. The summed E-state index contributed by atoms with van der Waals surface area (Å²) in [6.45, 7) is 1.06. The number of nitrogen functional groups attached to an aromatic ring is 1. The molecule has 2 heterocycles. The summed E-state index contributed by atoms with van der Waals surface area (Å²) in [4.78, 5) is 24.2. The van der Waals surface area contributed by atoms with Crippen molar-refractivity contribution >= 4 is 34.5 Å². The Balaban J connectivity index is 1.49. The zero-order chi connectivity index (χ0) is 16.9. The Morgan fingerprint density at radius 2 is 2.17 bits per heavy atom. The van der Waals surface area contributed by atoms with Crippen LogP contribution in [0.25, 0.3) is 11.2 Å². The van der Waals surface area contributed by atoms with Crippen LogP contribution in [0.1, 0.15) is 12.0 Å². The molecule has 3 N–H and O–H groups in total. The molecular weight excluding hydrogens is 328 g/mol. The van der Waals surface area contributed by atoms with Gasteiger partial charge in [-0.2, -0.15) is 0 Å². The summed E-state index contributed by atoms with van der Waals surface area (Å²) in [5.41, 5.74) is 8.03. The fourth-order valence-corrected chi connectivity index (χ4v) is 2.63. The smallest absolute Gasteiger partial charge is 0.220 e. The van der Waals surface area contributed by atoms with Crippen molar-refractivity contribution in [3.05, 3.63) is 47.5 Å². The fourth-order valence-electron chi connectivity index (χ4n) is 2.42. The third-order valence-corrected chi connectivity index (χ3v) is 3.87. The van der Waals surface area contributed by atoms with Crippen molar-refractivity contribution in [1.82, 2.24) is 24.8 Å². The van der Waals surface area contributed by atoms with Gasteiger partial charge in [0.2, 0.25) is 5.91 Å². The summed E-state index contributed by atoms with van der Waals surface area (Å²) in [6.07, 6.45) is 4.12. The lowest BCUT2D eigenvalue weighted by Gasteiger charge is -2.07. The third-order valence-electron chi connectivity index (χ3n) is 3.63. The zero-order valence-electron chi connectivity index (χ0n) is 12.9. The van der Waals surface area contributed by atoms with Gasteiger partial charge in [-0.1, -0.05) is 23.7 Å². The number of carbonyl (C=O) groups is 1. The van der Waals surface area contributed by atoms with E-state index in [1.807, 2.05) is 28.8 Å².